The number of hydrogen-bond acceptors (Lipinski definition) is 4. The maximum Gasteiger partial charge on any atom is 0.251 e. The number of anilines is 1. The Kier molecular flexibility index (Phi) is 4.93. The number of hydrogen-bond donors (Lipinski definition) is 2. The fourth-order valence-electron chi connectivity index (χ4n) is 2.85. The van der Waals surface area contributed by atoms with Gasteiger partial charge in [-0.05, 0) is 56.2 Å². The Morgan fingerprint density at radius 1 is 1.07 bits per heavy atom. The van der Waals surface area contributed by atoms with E-state index in [4.69, 9.17) is 4.42 Å². The molecule has 0 radical (unpaired) electrons. The molecule has 0 atom stereocenters. The number of amides is 2. The topological polar surface area (TPSA) is 84.2 Å². The first-order chi connectivity index (χ1) is 13.6. The monoisotopic (exact) mass is 375 g/mol. The molecule has 1 saturated carbocycles. The molecule has 4 rings (SSSR count). The van der Waals surface area contributed by atoms with Crippen molar-refractivity contribution < 1.29 is 14.0 Å². The van der Waals surface area contributed by atoms with Gasteiger partial charge in [-0.3, -0.25) is 9.59 Å². The van der Waals surface area contributed by atoms with E-state index in [0.29, 0.717) is 34.6 Å². The van der Waals surface area contributed by atoms with Gasteiger partial charge in [0.15, 0.2) is 0 Å². The van der Waals surface area contributed by atoms with E-state index in [2.05, 4.69) is 15.6 Å². The lowest BCUT2D eigenvalue weighted by atomic mass is 10.2. The van der Waals surface area contributed by atoms with E-state index in [0.717, 1.165) is 18.4 Å². The van der Waals surface area contributed by atoms with Crippen LogP contribution < -0.4 is 10.6 Å². The molecule has 0 bridgehead atoms. The minimum Gasteiger partial charge on any atom is -0.441 e. The van der Waals surface area contributed by atoms with Crippen molar-refractivity contribution in [1.29, 1.82) is 0 Å². The second-order valence-corrected chi connectivity index (χ2v) is 6.94. The standard InChI is InChI=1S/C22H21N3O3/c1-14-19(25-22(28-14)16-5-3-2-4-6-16)13-20(26)23-17-9-7-15(8-10-17)21(27)24-18-11-12-18/h2-10,18H,11-13H2,1H3,(H,23,26)(H,24,27). The first-order valence-electron chi connectivity index (χ1n) is 9.31. The normalized spacial score (nSPS) is 13.2. The highest BCUT2D eigenvalue weighted by Gasteiger charge is 2.23. The number of aromatic nitrogens is 1. The van der Waals surface area contributed by atoms with Crippen molar-refractivity contribution in [1.82, 2.24) is 10.3 Å². The first kappa shape index (κ1) is 18.0. The average molecular weight is 375 g/mol. The Balaban J connectivity index is 1.38. The lowest BCUT2D eigenvalue weighted by Gasteiger charge is -2.06. The summed E-state index contributed by atoms with van der Waals surface area (Å²) in [6.45, 7) is 1.80. The van der Waals surface area contributed by atoms with Crippen LogP contribution in [0, 0.1) is 6.92 Å². The fraction of sp³-hybridized carbons (Fsp3) is 0.227. The Labute approximate surface area is 163 Å². The highest BCUT2D eigenvalue weighted by molar-refractivity contribution is 5.96. The minimum atomic E-state index is -0.189. The summed E-state index contributed by atoms with van der Waals surface area (Å²) < 4.78 is 5.70. The molecule has 142 valence electrons. The Hall–Kier alpha value is -3.41. The predicted octanol–water partition coefficient (Wildman–Crippen LogP) is 3.72. The summed E-state index contributed by atoms with van der Waals surface area (Å²) in [5, 5.41) is 5.77. The van der Waals surface area contributed by atoms with Crippen molar-refractivity contribution in [3.8, 4) is 11.5 Å². The molecule has 28 heavy (non-hydrogen) atoms. The van der Waals surface area contributed by atoms with Crippen molar-refractivity contribution in [3.63, 3.8) is 0 Å². The largest absolute Gasteiger partial charge is 0.441 e. The molecule has 2 N–H and O–H groups in total. The molecule has 0 saturated heterocycles. The van der Waals surface area contributed by atoms with Crippen LogP contribution in [-0.4, -0.2) is 22.8 Å². The molecule has 1 aromatic heterocycles. The van der Waals surface area contributed by atoms with Gasteiger partial charge < -0.3 is 15.1 Å². The Morgan fingerprint density at radius 2 is 1.79 bits per heavy atom. The number of oxazole rings is 1. The third-order valence-corrected chi connectivity index (χ3v) is 4.58. The van der Waals surface area contributed by atoms with Crippen molar-refractivity contribution in [2.24, 2.45) is 0 Å². The van der Waals surface area contributed by atoms with E-state index in [1.54, 1.807) is 31.2 Å². The molecule has 6 nitrogen and oxygen atoms in total. The van der Waals surface area contributed by atoms with Crippen LogP contribution in [0.25, 0.3) is 11.5 Å². The van der Waals surface area contributed by atoms with Gasteiger partial charge in [0.05, 0.1) is 12.1 Å². The van der Waals surface area contributed by atoms with Gasteiger partial charge in [0.1, 0.15) is 5.76 Å². The van der Waals surface area contributed by atoms with E-state index in [-0.39, 0.29) is 18.2 Å². The highest BCUT2D eigenvalue weighted by atomic mass is 16.4. The van der Waals surface area contributed by atoms with Crippen LogP contribution >= 0.6 is 0 Å². The summed E-state index contributed by atoms with van der Waals surface area (Å²) in [7, 11) is 0. The van der Waals surface area contributed by atoms with E-state index in [9.17, 15) is 9.59 Å². The fourth-order valence-corrected chi connectivity index (χ4v) is 2.85. The number of carbonyl (C=O) groups is 2. The number of aryl methyl sites for hydroxylation is 1. The highest BCUT2D eigenvalue weighted by Crippen LogP contribution is 2.22. The maximum atomic E-state index is 12.4. The van der Waals surface area contributed by atoms with Gasteiger partial charge in [-0.15, -0.1) is 0 Å². The lowest BCUT2D eigenvalue weighted by Crippen LogP contribution is -2.25. The van der Waals surface area contributed by atoms with Gasteiger partial charge in [-0.1, -0.05) is 18.2 Å². The molecule has 0 aliphatic heterocycles. The lowest BCUT2D eigenvalue weighted by molar-refractivity contribution is -0.115. The van der Waals surface area contributed by atoms with Crippen molar-refractivity contribution in [3.05, 3.63) is 71.6 Å². The number of benzene rings is 2. The zero-order chi connectivity index (χ0) is 19.5. The molecular weight excluding hydrogens is 354 g/mol. The Morgan fingerprint density at radius 3 is 2.46 bits per heavy atom. The summed E-state index contributed by atoms with van der Waals surface area (Å²) in [5.74, 6) is 0.867. The van der Waals surface area contributed by atoms with Crippen LogP contribution in [0.4, 0.5) is 5.69 Å². The zero-order valence-electron chi connectivity index (χ0n) is 15.6. The van der Waals surface area contributed by atoms with Crippen molar-refractivity contribution >= 4 is 17.5 Å². The van der Waals surface area contributed by atoms with Crippen LogP contribution in [0.1, 0.15) is 34.7 Å². The average Bonchev–Trinajstić information content (AvgIpc) is 3.44. The SMILES string of the molecule is Cc1oc(-c2ccccc2)nc1CC(=O)Nc1ccc(C(=O)NC2CC2)cc1. The molecule has 2 aromatic carbocycles. The molecule has 1 fully saturated rings. The molecule has 0 spiro atoms. The van der Waals surface area contributed by atoms with Crippen LogP contribution in [0.2, 0.25) is 0 Å². The summed E-state index contributed by atoms with van der Waals surface area (Å²) in [5.41, 5.74) is 2.70. The number of nitrogens with one attached hydrogen (secondary N) is 2. The summed E-state index contributed by atoms with van der Waals surface area (Å²) in [6, 6.07) is 16.8. The van der Waals surface area contributed by atoms with E-state index < -0.39 is 0 Å². The molecule has 2 amide bonds. The molecular formula is C22H21N3O3. The van der Waals surface area contributed by atoms with Crippen molar-refractivity contribution in [2.75, 3.05) is 5.32 Å². The molecule has 1 aliphatic rings. The quantitative estimate of drug-likeness (QED) is 0.688. The molecule has 6 heteroatoms. The van der Waals surface area contributed by atoms with E-state index in [1.165, 1.54) is 0 Å². The van der Waals surface area contributed by atoms with E-state index >= 15 is 0 Å². The van der Waals surface area contributed by atoms with Gasteiger partial charge >= 0.3 is 0 Å². The number of rotatable bonds is 6. The summed E-state index contributed by atoms with van der Waals surface area (Å²) >= 11 is 0. The first-order valence-corrected chi connectivity index (χ1v) is 9.31. The maximum absolute atomic E-state index is 12.4. The molecule has 1 aliphatic carbocycles. The number of nitrogens with zero attached hydrogens (tertiary/aromatic N) is 1. The minimum absolute atomic E-state index is 0.0768. The second kappa shape index (κ2) is 7.68. The van der Waals surface area contributed by atoms with Gasteiger partial charge in [0, 0.05) is 22.9 Å². The third kappa shape index (κ3) is 4.28. The summed E-state index contributed by atoms with van der Waals surface area (Å²) in [6.07, 6.45) is 2.22. The third-order valence-electron chi connectivity index (χ3n) is 4.58. The zero-order valence-corrected chi connectivity index (χ0v) is 15.6. The van der Waals surface area contributed by atoms with Gasteiger partial charge in [0.25, 0.3) is 5.91 Å². The van der Waals surface area contributed by atoms with Gasteiger partial charge in [-0.25, -0.2) is 4.98 Å². The Bertz CT molecular complexity index is 990. The molecule has 1 heterocycles. The second-order valence-electron chi connectivity index (χ2n) is 6.94. The van der Waals surface area contributed by atoms with E-state index in [1.807, 2.05) is 30.3 Å². The smallest absolute Gasteiger partial charge is 0.251 e. The molecule has 0 unspecified atom stereocenters. The predicted molar refractivity (Wildman–Crippen MR) is 106 cm³/mol. The van der Waals surface area contributed by atoms with Crippen LogP contribution in [0.3, 0.4) is 0 Å². The molecule has 3 aromatic rings. The van der Waals surface area contributed by atoms with Crippen LogP contribution in [0.5, 0.6) is 0 Å². The summed E-state index contributed by atoms with van der Waals surface area (Å²) in [4.78, 5) is 28.8. The van der Waals surface area contributed by atoms with Crippen molar-refractivity contribution in [2.45, 2.75) is 32.2 Å². The van der Waals surface area contributed by atoms with Gasteiger partial charge in [0.2, 0.25) is 11.8 Å². The van der Waals surface area contributed by atoms with Gasteiger partial charge in [-0.2, -0.15) is 0 Å². The number of carbonyl (C=O) groups excluding carboxylic acids is 2. The van der Waals surface area contributed by atoms with Crippen LogP contribution in [-0.2, 0) is 11.2 Å². The van der Waals surface area contributed by atoms with Crippen LogP contribution in [0.15, 0.2) is 59.0 Å².